The van der Waals surface area contributed by atoms with Gasteiger partial charge in [0.15, 0.2) is 0 Å². The molecular weight excluding hydrogens is 333 g/mol. The number of aromatic nitrogens is 1. The second kappa shape index (κ2) is 8.56. The molecule has 26 heavy (non-hydrogen) atoms. The van der Waals surface area contributed by atoms with Crippen LogP contribution in [0.1, 0.15) is 58.6 Å². The van der Waals surface area contributed by atoms with Crippen LogP contribution in [-0.4, -0.2) is 22.8 Å². The van der Waals surface area contributed by atoms with E-state index in [-0.39, 0.29) is 35.7 Å². The number of pyridine rings is 1. The fraction of sp³-hybridized carbons (Fsp3) is 0.350. The minimum Gasteiger partial charge on any atom is -0.348 e. The van der Waals surface area contributed by atoms with Crippen molar-refractivity contribution in [1.29, 1.82) is 0 Å². The Morgan fingerprint density at radius 1 is 0.962 bits per heavy atom. The van der Waals surface area contributed by atoms with Gasteiger partial charge in [0.1, 0.15) is 17.2 Å². The van der Waals surface area contributed by atoms with Crippen molar-refractivity contribution >= 4 is 11.8 Å². The number of rotatable bonds is 5. The van der Waals surface area contributed by atoms with E-state index in [4.69, 9.17) is 0 Å². The normalized spacial score (nSPS) is 14.7. The molecule has 0 aliphatic heterocycles. The largest absolute Gasteiger partial charge is 0.348 e. The fourth-order valence-corrected chi connectivity index (χ4v) is 3.10. The molecule has 1 aliphatic rings. The van der Waals surface area contributed by atoms with E-state index in [2.05, 4.69) is 15.6 Å². The van der Waals surface area contributed by atoms with Gasteiger partial charge in [-0.15, -0.1) is 0 Å². The number of carbonyl (C=O) groups is 2. The summed E-state index contributed by atoms with van der Waals surface area (Å²) in [5.41, 5.74) is 0.749. The van der Waals surface area contributed by atoms with Crippen molar-refractivity contribution < 1.29 is 14.0 Å². The smallest absolute Gasteiger partial charge is 0.270 e. The van der Waals surface area contributed by atoms with Crippen LogP contribution in [-0.2, 0) is 6.54 Å². The summed E-state index contributed by atoms with van der Waals surface area (Å²) in [6.07, 6.45) is 5.42. The number of hydrogen-bond donors (Lipinski definition) is 2. The van der Waals surface area contributed by atoms with Crippen LogP contribution in [0, 0.1) is 5.82 Å². The molecule has 6 heteroatoms. The van der Waals surface area contributed by atoms with Gasteiger partial charge in [0, 0.05) is 18.2 Å². The van der Waals surface area contributed by atoms with Gasteiger partial charge in [0.2, 0.25) is 0 Å². The van der Waals surface area contributed by atoms with E-state index in [1.54, 1.807) is 30.3 Å². The molecule has 2 aromatic rings. The van der Waals surface area contributed by atoms with Gasteiger partial charge < -0.3 is 10.6 Å². The predicted octanol–water partition coefficient (Wildman–Crippen LogP) is 3.21. The SMILES string of the molecule is O=C(NCc1ccccc1F)c1cccc(C(=O)NC2CCCCC2)n1. The van der Waals surface area contributed by atoms with E-state index < -0.39 is 5.91 Å². The third-order valence-electron chi connectivity index (χ3n) is 4.55. The van der Waals surface area contributed by atoms with Gasteiger partial charge in [0.25, 0.3) is 11.8 Å². The summed E-state index contributed by atoms with van der Waals surface area (Å²) >= 11 is 0. The standard InChI is InChI=1S/C20H22FN3O2/c21-16-10-5-4-7-14(16)13-22-19(25)17-11-6-12-18(24-17)20(26)23-15-8-2-1-3-9-15/h4-7,10-12,15H,1-3,8-9,13H2,(H,22,25)(H,23,26). The lowest BCUT2D eigenvalue weighted by molar-refractivity contribution is 0.0922. The Labute approximate surface area is 152 Å². The first-order chi connectivity index (χ1) is 12.6. The van der Waals surface area contributed by atoms with Crippen molar-refractivity contribution in [3.8, 4) is 0 Å². The maximum atomic E-state index is 13.6. The van der Waals surface area contributed by atoms with Gasteiger partial charge in [-0.25, -0.2) is 9.37 Å². The monoisotopic (exact) mass is 355 g/mol. The molecule has 0 saturated heterocycles. The van der Waals surface area contributed by atoms with Gasteiger partial charge >= 0.3 is 0 Å². The zero-order valence-electron chi connectivity index (χ0n) is 14.5. The molecule has 136 valence electrons. The quantitative estimate of drug-likeness (QED) is 0.865. The molecule has 0 radical (unpaired) electrons. The highest BCUT2D eigenvalue weighted by atomic mass is 19.1. The van der Waals surface area contributed by atoms with Crippen molar-refractivity contribution in [2.24, 2.45) is 0 Å². The topological polar surface area (TPSA) is 71.1 Å². The van der Waals surface area contributed by atoms with Gasteiger partial charge in [-0.2, -0.15) is 0 Å². The number of benzene rings is 1. The summed E-state index contributed by atoms with van der Waals surface area (Å²) in [7, 11) is 0. The molecule has 1 heterocycles. The first-order valence-corrected chi connectivity index (χ1v) is 8.93. The predicted molar refractivity (Wildman–Crippen MR) is 96.1 cm³/mol. The Morgan fingerprint density at radius 3 is 2.38 bits per heavy atom. The highest BCUT2D eigenvalue weighted by molar-refractivity contribution is 5.96. The molecule has 0 spiro atoms. The highest BCUT2D eigenvalue weighted by Gasteiger charge is 2.18. The maximum absolute atomic E-state index is 13.6. The Kier molecular flexibility index (Phi) is 5.94. The zero-order valence-corrected chi connectivity index (χ0v) is 14.5. The molecule has 2 amide bonds. The van der Waals surface area contributed by atoms with E-state index >= 15 is 0 Å². The fourth-order valence-electron chi connectivity index (χ4n) is 3.10. The van der Waals surface area contributed by atoms with E-state index in [1.165, 1.54) is 18.6 Å². The summed E-state index contributed by atoms with van der Waals surface area (Å²) in [4.78, 5) is 28.8. The van der Waals surface area contributed by atoms with Crippen LogP contribution in [0.15, 0.2) is 42.5 Å². The van der Waals surface area contributed by atoms with Crippen LogP contribution in [0.5, 0.6) is 0 Å². The lowest BCUT2D eigenvalue weighted by Crippen LogP contribution is -2.36. The van der Waals surface area contributed by atoms with E-state index in [0.29, 0.717) is 5.56 Å². The number of halogens is 1. The second-order valence-corrected chi connectivity index (χ2v) is 6.49. The van der Waals surface area contributed by atoms with E-state index in [1.807, 2.05) is 0 Å². The molecule has 0 atom stereocenters. The van der Waals surface area contributed by atoms with Gasteiger partial charge in [-0.3, -0.25) is 9.59 Å². The Balaban J connectivity index is 1.61. The Bertz CT molecular complexity index is 788. The summed E-state index contributed by atoms with van der Waals surface area (Å²) in [6, 6.07) is 11.2. The summed E-state index contributed by atoms with van der Waals surface area (Å²) in [6.45, 7) is 0.0612. The molecule has 0 bridgehead atoms. The summed E-state index contributed by atoms with van der Waals surface area (Å²) in [5.74, 6) is -1.08. The van der Waals surface area contributed by atoms with Gasteiger partial charge in [-0.1, -0.05) is 43.5 Å². The molecule has 3 rings (SSSR count). The van der Waals surface area contributed by atoms with Gasteiger partial charge in [0.05, 0.1) is 0 Å². The third-order valence-corrected chi connectivity index (χ3v) is 4.55. The zero-order chi connectivity index (χ0) is 18.4. The number of hydrogen-bond acceptors (Lipinski definition) is 3. The van der Waals surface area contributed by atoms with Crippen molar-refractivity contribution in [1.82, 2.24) is 15.6 Å². The molecule has 1 saturated carbocycles. The first-order valence-electron chi connectivity index (χ1n) is 8.93. The van der Waals surface area contributed by atoms with Gasteiger partial charge in [-0.05, 0) is 31.0 Å². The van der Waals surface area contributed by atoms with Crippen LogP contribution >= 0.6 is 0 Å². The molecular formula is C20H22FN3O2. The maximum Gasteiger partial charge on any atom is 0.270 e. The molecule has 1 aromatic carbocycles. The average molecular weight is 355 g/mol. The molecule has 1 aromatic heterocycles. The molecule has 1 fully saturated rings. The van der Waals surface area contributed by atoms with Crippen LogP contribution in [0.4, 0.5) is 4.39 Å². The van der Waals surface area contributed by atoms with E-state index in [9.17, 15) is 14.0 Å². The number of nitrogens with zero attached hydrogens (tertiary/aromatic N) is 1. The highest BCUT2D eigenvalue weighted by Crippen LogP contribution is 2.17. The minimum absolute atomic E-state index is 0.0612. The summed E-state index contributed by atoms with van der Waals surface area (Å²) in [5, 5.41) is 5.61. The lowest BCUT2D eigenvalue weighted by Gasteiger charge is -2.22. The van der Waals surface area contributed by atoms with Crippen LogP contribution in [0.3, 0.4) is 0 Å². The molecule has 0 unspecified atom stereocenters. The Morgan fingerprint density at radius 2 is 1.65 bits per heavy atom. The number of carbonyl (C=O) groups excluding carboxylic acids is 2. The minimum atomic E-state index is -0.444. The van der Waals surface area contributed by atoms with Crippen molar-refractivity contribution in [2.45, 2.75) is 44.7 Å². The number of amides is 2. The summed E-state index contributed by atoms with van der Waals surface area (Å²) < 4.78 is 13.6. The van der Waals surface area contributed by atoms with Crippen molar-refractivity contribution in [3.63, 3.8) is 0 Å². The third kappa shape index (κ3) is 4.65. The van der Waals surface area contributed by atoms with Crippen LogP contribution < -0.4 is 10.6 Å². The van der Waals surface area contributed by atoms with E-state index in [0.717, 1.165) is 25.7 Å². The average Bonchev–Trinajstić information content (AvgIpc) is 2.68. The number of nitrogens with one attached hydrogen (secondary N) is 2. The van der Waals surface area contributed by atoms with Crippen molar-refractivity contribution in [3.05, 3.63) is 65.2 Å². The molecule has 5 nitrogen and oxygen atoms in total. The molecule has 2 N–H and O–H groups in total. The van der Waals surface area contributed by atoms with Crippen LogP contribution in [0.2, 0.25) is 0 Å². The Hall–Kier alpha value is -2.76. The first kappa shape index (κ1) is 18.0. The lowest BCUT2D eigenvalue weighted by atomic mass is 9.95. The second-order valence-electron chi connectivity index (χ2n) is 6.49. The molecule has 1 aliphatic carbocycles. The van der Waals surface area contributed by atoms with Crippen LogP contribution in [0.25, 0.3) is 0 Å². The van der Waals surface area contributed by atoms with Crippen molar-refractivity contribution in [2.75, 3.05) is 0 Å².